The first-order chi connectivity index (χ1) is 17.0. The lowest BCUT2D eigenvalue weighted by molar-refractivity contribution is 0.315. The minimum absolute atomic E-state index is 0.213. The van der Waals surface area contributed by atoms with Crippen LogP contribution in [0.1, 0.15) is 22.4 Å². The summed E-state index contributed by atoms with van der Waals surface area (Å²) >= 11 is 0. The van der Waals surface area contributed by atoms with Crippen molar-refractivity contribution in [1.82, 2.24) is 20.1 Å². The van der Waals surface area contributed by atoms with Crippen LogP contribution in [0.15, 0.2) is 76.2 Å². The number of rotatable bonds is 7. The second-order valence-electron chi connectivity index (χ2n) is 8.28. The molecule has 2 aromatic heterocycles. The van der Waals surface area contributed by atoms with Crippen molar-refractivity contribution in [2.24, 2.45) is 0 Å². The van der Waals surface area contributed by atoms with E-state index in [0.29, 0.717) is 40.9 Å². The summed E-state index contributed by atoms with van der Waals surface area (Å²) in [5.74, 6) is 0.352. The van der Waals surface area contributed by atoms with E-state index >= 15 is 0 Å². The third kappa shape index (κ3) is 4.42. The van der Waals surface area contributed by atoms with Crippen molar-refractivity contribution in [3.05, 3.63) is 105 Å². The molecule has 8 heteroatoms. The molecule has 176 valence electrons. The van der Waals surface area contributed by atoms with Gasteiger partial charge in [-0.15, -0.1) is 0 Å². The van der Waals surface area contributed by atoms with E-state index in [-0.39, 0.29) is 17.9 Å². The fourth-order valence-corrected chi connectivity index (χ4v) is 4.42. The van der Waals surface area contributed by atoms with Gasteiger partial charge in [0.25, 0.3) is 5.56 Å². The molecule has 35 heavy (non-hydrogen) atoms. The highest BCUT2D eigenvalue weighted by Gasteiger charge is 2.20. The number of hydrogen-bond acceptors (Lipinski definition) is 6. The van der Waals surface area contributed by atoms with Crippen LogP contribution in [0.4, 0.5) is 4.39 Å². The Balaban J connectivity index is 1.63. The zero-order chi connectivity index (χ0) is 24.4. The molecule has 0 unspecified atom stereocenters. The van der Waals surface area contributed by atoms with Gasteiger partial charge in [-0.2, -0.15) is 5.10 Å². The van der Waals surface area contributed by atoms with Crippen molar-refractivity contribution in [2.45, 2.75) is 26.3 Å². The number of aryl methyl sites for hydroxylation is 2. The van der Waals surface area contributed by atoms with Crippen molar-refractivity contribution in [1.29, 1.82) is 0 Å². The Hall–Kier alpha value is -4.33. The Morgan fingerprint density at radius 1 is 1.00 bits per heavy atom. The number of hydrogen-bond donors (Lipinski definition) is 0. The van der Waals surface area contributed by atoms with Gasteiger partial charge < -0.3 is 4.74 Å². The van der Waals surface area contributed by atoms with Gasteiger partial charge in [-0.1, -0.05) is 42.5 Å². The molecule has 3 aromatic carbocycles. The van der Waals surface area contributed by atoms with Gasteiger partial charge in [-0.25, -0.2) is 13.7 Å². The minimum Gasteiger partial charge on any atom is -0.496 e. The second-order valence-corrected chi connectivity index (χ2v) is 8.28. The molecule has 0 fully saturated rings. The van der Waals surface area contributed by atoms with Gasteiger partial charge in [0.15, 0.2) is 0 Å². The Morgan fingerprint density at radius 2 is 1.83 bits per heavy atom. The van der Waals surface area contributed by atoms with E-state index < -0.39 is 0 Å². The molecular formula is C27H23FN4O3. The lowest BCUT2D eigenvalue weighted by Gasteiger charge is -2.17. The molecule has 0 aliphatic rings. The highest BCUT2D eigenvalue weighted by Crippen LogP contribution is 2.33. The topological polar surface area (TPSA) is 83.0 Å². The highest BCUT2D eigenvalue weighted by atomic mass is 19.1. The predicted octanol–water partition coefficient (Wildman–Crippen LogP) is 4.74. The monoisotopic (exact) mass is 470 g/mol. The fraction of sp³-hybridized carbons (Fsp3) is 0.185. The fourth-order valence-electron chi connectivity index (χ4n) is 4.42. The van der Waals surface area contributed by atoms with E-state index in [1.807, 2.05) is 49.4 Å². The summed E-state index contributed by atoms with van der Waals surface area (Å²) in [5, 5.41) is 12.5. The first kappa shape index (κ1) is 22.5. The molecule has 0 N–H and O–H groups in total. The van der Waals surface area contributed by atoms with Gasteiger partial charge in [0.1, 0.15) is 22.6 Å². The molecule has 0 saturated carbocycles. The first-order valence-corrected chi connectivity index (χ1v) is 11.2. The van der Waals surface area contributed by atoms with Crippen molar-refractivity contribution >= 4 is 11.0 Å². The highest BCUT2D eigenvalue weighted by molar-refractivity contribution is 5.77. The molecule has 0 spiro atoms. The average Bonchev–Trinajstić information content (AvgIpc) is 3.35. The van der Waals surface area contributed by atoms with Crippen molar-refractivity contribution in [3.8, 4) is 16.9 Å². The molecule has 0 aliphatic heterocycles. The van der Waals surface area contributed by atoms with Crippen LogP contribution in [0.3, 0.4) is 0 Å². The zero-order valence-electron chi connectivity index (χ0n) is 19.4. The lowest BCUT2D eigenvalue weighted by atomic mass is 9.94. The minimum atomic E-state index is -0.301. The van der Waals surface area contributed by atoms with E-state index in [1.54, 1.807) is 19.2 Å². The quantitative estimate of drug-likeness (QED) is 0.342. The number of fused-ring (bicyclic) bond motifs is 1. The zero-order valence-corrected chi connectivity index (χ0v) is 19.4. The third-order valence-electron chi connectivity index (χ3n) is 6.05. The number of benzene rings is 3. The van der Waals surface area contributed by atoms with Crippen LogP contribution in [0.25, 0.3) is 22.2 Å². The molecule has 2 heterocycles. The predicted molar refractivity (Wildman–Crippen MR) is 130 cm³/mol. The maximum Gasteiger partial charge on any atom is 0.270 e. The van der Waals surface area contributed by atoms with Crippen molar-refractivity contribution in [3.63, 3.8) is 0 Å². The number of para-hydroxylation sites is 1. The summed E-state index contributed by atoms with van der Waals surface area (Å²) in [6, 6.07) is 19.5. The van der Waals surface area contributed by atoms with Gasteiger partial charge >= 0.3 is 0 Å². The number of nitrogens with zero attached hydrogens (tertiary/aromatic N) is 4. The number of ether oxygens (including phenoxy) is 1. The Bertz CT molecular complexity index is 1570. The van der Waals surface area contributed by atoms with Gasteiger partial charge in [-0.3, -0.25) is 4.79 Å². The molecule has 0 atom stereocenters. The SMILES string of the molecule is COc1ccccc1-c1c(C)nn(Cc2cccc3nonc23)c(=O)c1CCc1cccc(F)c1. The van der Waals surface area contributed by atoms with Gasteiger partial charge in [-0.05, 0) is 59.9 Å². The van der Waals surface area contributed by atoms with E-state index in [9.17, 15) is 9.18 Å². The average molecular weight is 471 g/mol. The number of methoxy groups -OCH3 is 1. The van der Waals surface area contributed by atoms with Crippen LogP contribution in [0.2, 0.25) is 0 Å². The summed E-state index contributed by atoms with van der Waals surface area (Å²) < 4.78 is 25.7. The van der Waals surface area contributed by atoms with E-state index in [2.05, 4.69) is 15.4 Å². The van der Waals surface area contributed by atoms with Crippen LogP contribution < -0.4 is 10.3 Å². The Morgan fingerprint density at radius 3 is 2.66 bits per heavy atom. The van der Waals surface area contributed by atoms with E-state index in [4.69, 9.17) is 9.37 Å². The van der Waals surface area contributed by atoms with E-state index in [1.165, 1.54) is 16.8 Å². The normalized spacial score (nSPS) is 11.2. The molecule has 0 radical (unpaired) electrons. The van der Waals surface area contributed by atoms with Crippen LogP contribution in [0, 0.1) is 12.7 Å². The van der Waals surface area contributed by atoms with E-state index in [0.717, 1.165) is 22.3 Å². The maximum absolute atomic E-state index is 13.8. The number of halogens is 1. The van der Waals surface area contributed by atoms with Crippen LogP contribution in [-0.2, 0) is 19.4 Å². The molecule has 0 aliphatic carbocycles. The maximum atomic E-state index is 13.8. The summed E-state index contributed by atoms with van der Waals surface area (Å²) in [5.41, 5.74) is 5.39. The summed E-state index contributed by atoms with van der Waals surface area (Å²) in [6.07, 6.45) is 0.913. The molecule has 5 rings (SSSR count). The van der Waals surface area contributed by atoms with Gasteiger partial charge in [0.05, 0.1) is 19.3 Å². The summed E-state index contributed by atoms with van der Waals surface area (Å²) in [6.45, 7) is 2.09. The molecule has 0 amide bonds. The number of aromatic nitrogens is 4. The van der Waals surface area contributed by atoms with Crippen molar-refractivity contribution in [2.75, 3.05) is 7.11 Å². The smallest absolute Gasteiger partial charge is 0.270 e. The van der Waals surface area contributed by atoms with Gasteiger partial charge in [0.2, 0.25) is 0 Å². The third-order valence-corrected chi connectivity index (χ3v) is 6.05. The first-order valence-electron chi connectivity index (χ1n) is 11.2. The van der Waals surface area contributed by atoms with Crippen LogP contribution >= 0.6 is 0 Å². The summed E-state index contributed by atoms with van der Waals surface area (Å²) in [4.78, 5) is 13.8. The Labute approximate surface area is 200 Å². The van der Waals surface area contributed by atoms with Gasteiger partial charge in [0, 0.05) is 22.3 Å². The summed E-state index contributed by atoms with van der Waals surface area (Å²) in [7, 11) is 1.60. The molecule has 5 aromatic rings. The standard InChI is InChI=1S/C27H23FN4O3/c1-17-25(21-10-3-4-12-24(21)34-2)22(14-13-18-7-5-9-20(28)15-18)27(33)32(29-17)16-19-8-6-11-23-26(19)31-35-30-23/h3-12,15H,13-14,16H2,1-2H3. The lowest BCUT2D eigenvalue weighted by Crippen LogP contribution is -2.29. The molecule has 7 nitrogen and oxygen atoms in total. The van der Waals surface area contributed by atoms with Crippen LogP contribution in [-0.4, -0.2) is 27.2 Å². The largest absolute Gasteiger partial charge is 0.496 e. The van der Waals surface area contributed by atoms with Crippen molar-refractivity contribution < 1.29 is 13.8 Å². The Kier molecular flexibility index (Phi) is 6.10. The molecule has 0 bridgehead atoms. The molecular weight excluding hydrogens is 447 g/mol. The molecule has 0 saturated heterocycles. The van der Waals surface area contributed by atoms with Crippen LogP contribution in [0.5, 0.6) is 5.75 Å². The second kappa shape index (κ2) is 9.50.